The summed E-state index contributed by atoms with van der Waals surface area (Å²) in [6.07, 6.45) is 1.08. The zero-order valence-electron chi connectivity index (χ0n) is 11.3. The van der Waals surface area contributed by atoms with Gasteiger partial charge in [-0.2, -0.15) is 0 Å². The number of hydrogen-bond donors (Lipinski definition) is 1. The maximum Gasteiger partial charge on any atom is 0.343 e. The van der Waals surface area contributed by atoms with Crippen LogP contribution in [0.3, 0.4) is 0 Å². The number of thioether (sulfide) groups is 1. The van der Waals surface area contributed by atoms with E-state index in [0.717, 1.165) is 10.6 Å². The Morgan fingerprint density at radius 3 is 3.05 bits per heavy atom. The Morgan fingerprint density at radius 2 is 2.29 bits per heavy atom. The third-order valence-corrected chi connectivity index (χ3v) is 4.16. The van der Waals surface area contributed by atoms with E-state index < -0.39 is 5.97 Å². The molecular formula is C14H13N3O3S. The summed E-state index contributed by atoms with van der Waals surface area (Å²) in [6, 6.07) is 7.79. The van der Waals surface area contributed by atoms with Crippen LogP contribution < -0.4 is 10.5 Å². The van der Waals surface area contributed by atoms with Crippen LogP contribution in [-0.4, -0.2) is 28.8 Å². The van der Waals surface area contributed by atoms with E-state index in [4.69, 9.17) is 10.5 Å². The zero-order valence-corrected chi connectivity index (χ0v) is 12.1. The molecule has 1 unspecified atom stereocenters. The number of nitrogens with zero attached hydrogens (tertiary/aromatic N) is 2. The van der Waals surface area contributed by atoms with E-state index in [0.29, 0.717) is 11.6 Å². The summed E-state index contributed by atoms with van der Waals surface area (Å²) in [7, 11) is 1.29. The Labute approximate surface area is 125 Å². The number of hydrogen-bond acceptors (Lipinski definition) is 7. The third kappa shape index (κ3) is 2.64. The standard InChI is InChI=1S/C14H13N3O3S/c1-19-14(18)8-6-16-13(17-12(8)15)10-7-21-11-5-3-2-4-9(11)20-10/h2-6,10H,7H2,1H3,(H2,15,16,17). The molecular weight excluding hydrogens is 290 g/mol. The Hall–Kier alpha value is -2.28. The molecule has 0 fully saturated rings. The van der Waals surface area contributed by atoms with Crippen molar-refractivity contribution in [2.75, 3.05) is 18.6 Å². The number of nitrogen functional groups attached to an aromatic ring is 1. The number of para-hydroxylation sites is 1. The lowest BCUT2D eigenvalue weighted by Crippen LogP contribution is -2.19. The molecule has 0 saturated heterocycles. The molecule has 21 heavy (non-hydrogen) atoms. The lowest BCUT2D eigenvalue weighted by Gasteiger charge is -2.24. The van der Waals surface area contributed by atoms with Gasteiger partial charge in [0.05, 0.1) is 7.11 Å². The van der Waals surface area contributed by atoms with Crippen molar-refractivity contribution in [1.29, 1.82) is 0 Å². The monoisotopic (exact) mass is 303 g/mol. The second-order valence-corrected chi connectivity index (χ2v) is 5.44. The number of nitrogens with two attached hydrogens (primary N) is 1. The Morgan fingerprint density at radius 1 is 1.48 bits per heavy atom. The molecule has 2 aromatic rings. The number of benzene rings is 1. The van der Waals surface area contributed by atoms with E-state index in [2.05, 4.69) is 14.7 Å². The first-order valence-electron chi connectivity index (χ1n) is 6.28. The quantitative estimate of drug-likeness (QED) is 0.850. The third-order valence-electron chi connectivity index (χ3n) is 3.04. The molecule has 0 spiro atoms. The van der Waals surface area contributed by atoms with Crippen LogP contribution in [0.2, 0.25) is 0 Å². The number of esters is 1. The molecule has 0 bridgehead atoms. The Kier molecular flexibility index (Phi) is 3.66. The molecule has 0 aliphatic carbocycles. The molecule has 0 amide bonds. The molecule has 1 aromatic carbocycles. The van der Waals surface area contributed by atoms with E-state index in [-0.39, 0.29) is 17.5 Å². The van der Waals surface area contributed by atoms with Crippen LogP contribution in [0.4, 0.5) is 5.82 Å². The van der Waals surface area contributed by atoms with Crippen LogP contribution in [0, 0.1) is 0 Å². The summed E-state index contributed by atoms with van der Waals surface area (Å²) in [4.78, 5) is 20.9. The van der Waals surface area contributed by atoms with Crippen molar-refractivity contribution in [2.45, 2.75) is 11.0 Å². The van der Waals surface area contributed by atoms with Crippen LogP contribution in [0.5, 0.6) is 5.75 Å². The minimum Gasteiger partial charge on any atom is -0.480 e. The number of rotatable bonds is 2. The first kappa shape index (κ1) is 13.7. The number of methoxy groups -OCH3 is 1. The number of fused-ring (bicyclic) bond motifs is 1. The average molecular weight is 303 g/mol. The highest BCUT2D eigenvalue weighted by Crippen LogP contribution is 2.39. The van der Waals surface area contributed by atoms with Gasteiger partial charge in [0.2, 0.25) is 0 Å². The van der Waals surface area contributed by atoms with E-state index >= 15 is 0 Å². The summed E-state index contributed by atoms with van der Waals surface area (Å²) in [5, 5.41) is 0. The van der Waals surface area contributed by atoms with Crippen molar-refractivity contribution in [2.24, 2.45) is 0 Å². The number of carbonyl (C=O) groups excluding carboxylic acids is 1. The largest absolute Gasteiger partial charge is 0.480 e. The molecule has 0 radical (unpaired) electrons. The van der Waals surface area contributed by atoms with E-state index in [9.17, 15) is 4.79 Å². The fraction of sp³-hybridized carbons (Fsp3) is 0.214. The predicted molar refractivity (Wildman–Crippen MR) is 78.3 cm³/mol. The highest BCUT2D eigenvalue weighted by molar-refractivity contribution is 7.99. The van der Waals surface area contributed by atoms with Gasteiger partial charge in [-0.3, -0.25) is 0 Å². The van der Waals surface area contributed by atoms with Crippen LogP contribution in [-0.2, 0) is 4.74 Å². The molecule has 108 valence electrons. The van der Waals surface area contributed by atoms with Crippen molar-refractivity contribution in [1.82, 2.24) is 9.97 Å². The smallest absolute Gasteiger partial charge is 0.343 e. The van der Waals surface area contributed by atoms with Gasteiger partial charge in [0.15, 0.2) is 11.9 Å². The summed E-state index contributed by atoms with van der Waals surface area (Å²) in [5.41, 5.74) is 5.94. The minimum absolute atomic E-state index is 0.0966. The van der Waals surface area contributed by atoms with Gasteiger partial charge in [0.25, 0.3) is 0 Å². The molecule has 7 heteroatoms. The van der Waals surface area contributed by atoms with Gasteiger partial charge >= 0.3 is 5.97 Å². The number of aromatic nitrogens is 2. The molecule has 1 aliphatic rings. The van der Waals surface area contributed by atoms with Crippen LogP contribution in [0.1, 0.15) is 22.3 Å². The van der Waals surface area contributed by atoms with Crippen molar-refractivity contribution in [3.05, 3.63) is 41.9 Å². The van der Waals surface area contributed by atoms with Crippen LogP contribution in [0.15, 0.2) is 35.4 Å². The molecule has 1 aliphatic heterocycles. The molecule has 1 atom stereocenters. The highest BCUT2D eigenvalue weighted by atomic mass is 32.2. The SMILES string of the molecule is COC(=O)c1cnc(C2CSc3ccccc3O2)nc1N. The topological polar surface area (TPSA) is 87.3 Å². The second kappa shape index (κ2) is 5.61. The first-order chi connectivity index (χ1) is 10.2. The Balaban J connectivity index is 1.86. The molecule has 2 heterocycles. The Bertz CT molecular complexity index is 693. The lowest BCUT2D eigenvalue weighted by molar-refractivity contribution is 0.0600. The maximum absolute atomic E-state index is 11.5. The van der Waals surface area contributed by atoms with Crippen LogP contribution in [0.25, 0.3) is 0 Å². The molecule has 3 rings (SSSR count). The van der Waals surface area contributed by atoms with Gasteiger partial charge in [-0.1, -0.05) is 12.1 Å². The fourth-order valence-electron chi connectivity index (χ4n) is 1.98. The summed E-state index contributed by atoms with van der Waals surface area (Å²) < 4.78 is 10.5. The van der Waals surface area contributed by atoms with Gasteiger partial charge in [0, 0.05) is 16.8 Å². The lowest BCUT2D eigenvalue weighted by atomic mass is 10.2. The number of ether oxygens (including phenoxy) is 2. The van der Waals surface area contributed by atoms with Crippen molar-refractivity contribution < 1.29 is 14.3 Å². The van der Waals surface area contributed by atoms with Gasteiger partial charge in [-0.15, -0.1) is 11.8 Å². The molecule has 0 saturated carbocycles. The first-order valence-corrected chi connectivity index (χ1v) is 7.27. The van der Waals surface area contributed by atoms with E-state index in [1.54, 1.807) is 11.8 Å². The molecule has 2 N–H and O–H groups in total. The number of anilines is 1. The number of carbonyl (C=O) groups is 1. The molecule has 6 nitrogen and oxygen atoms in total. The average Bonchev–Trinajstić information content (AvgIpc) is 2.53. The van der Waals surface area contributed by atoms with E-state index in [1.807, 2.05) is 24.3 Å². The summed E-state index contributed by atoms with van der Waals surface area (Å²) in [6.45, 7) is 0. The summed E-state index contributed by atoms with van der Waals surface area (Å²) >= 11 is 1.68. The van der Waals surface area contributed by atoms with Gasteiger partial charge in [0.1, 0.15) is 17.1 Å². The van der Waals surface area contributed by atoms with Gasteiger partial charge < -0.3 is 15.2 Å². The van der Waals surface area contributed by atoms with E-state index in [1.165, 1.54) is 13.3 Å². The molecule has 1 aromatic heterocycles. The highest BCUT2D eigenvalue weighted by Gasteiger charge is 2.25. The minimum atomic E-state index is -0.552. The van der Waals surface area contributed by atoms with Crippen molar-refractivity contribution >= 4 is 23.5 Å². The van der Waals surface area contributed by atoms with Crippen molar-refractivity contribution in [3.8, 4) is 5.75 Å². The van der Waals surface area contributed by atoms with Gasteiger partial charge in [-0.05, 0) is 12.1 Å². The summed E-state index contributed by atoms with van der Waals surface area (Å²) in [5.74, 6) is 1.50. The zero-order chi connectivity index (χ0) is 14.8. The van der Waals surface area contributed by atoms with Crippen LogP contribution >= 0.6 is 11.8 Å². The van der Waals surface area contributed by atoms with Crippen molar-refractivity contribution in [3.63, 3.8) is 0 Å². The predicted octanol–water partition coefficient (Wildman–Crippen LogP) is 2.07. The maximum atomic E-state index is 11.5. The normalized spacial score (nSPS) is 16.7. The van der Waals surface area contributed by atoms with Gasteiger partial charge in [-0.25, -0.2) is 14.8 Å². The second-order valence-electron chi connectivity index (χ2n) is 4.38. The fourth-order valence-corrected chi connectivity index (χ4v) is 2.96.